The van der Waals surface area contributed by atoms with Gasteiger partial charge >= 0.3 is 0 Å². The molecule has 6 heteroatoms. The number of aromatic amines is 1. The number of carbonyl (C=O) groups excluding carboxylic acids is 1. The largest absolute Gasteiger partial charge is 0.352 e. The van der Waals surface area contributed by atoms with Gasteiger partial charge in [0.15, 0.2) is 0 Å². The molecule has 2 N–H and O–H groups in total. The van der Waals surface area contributed by atoms with Gasteiger partial charge in [-0.05, 0) is 47.2 Å². The number of amides is 1. The number of benzene rings is 2. The second-order valence-corrected chi connectivity index (χ2v) is 9.46. The minimum atomic E-state index is -0.280. The van der Waals surface area contributed by atoms with Crippen molar-refractivity contribution in [2.75, 3.05) is 32.9 Å². The molecular weight excluding hydrogens is 415 g/mol. The van der Waals surface area contributed by atoms with Gasteiger partial charge in [0, 0.05) is 65.7 Å². The van der Waals surface area contributed by atoms with E-state index in [0.717, 1.165) is 63.7 Å². The summed E-state index contributed by atoms with van der Waals surface area (Å²) in [4.78, 5) is 22.5. The molecule has 2 aromatic carbocycles. The maximum Gasteiger partial charge on any atom is 0.251 e. The predicted octanol–water partition coefficient (Wildman–Crippen LogP) is 4.67. The van der Waals surface area contributed by atoms with Crippen LogP contribution in [-0.2, 0) is 6.42 Å². The number of pyridine rings is 1. The number of halogens is 1. The van der Waals surface area contributed by atoms with Crippen molar-refractivity contribution in [2.24, 2.45) is 5.92 Å². The van der Waals surface area contributed by atoms with Crippen LogP contribution in [0.3, 0.4) is 0 Å². The van der Waals surface area contributed by atoms with Crippen molar-refractivity contribution in [3.8, 4) is 11.1 Å². The van der Waals surface area contributed by atoms with Crippen molar-refractivity contribution in [3.05, 3.63) is 65.4 Å². The number of hydrogen-bond acceptors (Lipinski definition) is 3. The van der Waals surface area contributed by atoms with Crippen molar-refractivity contribution in [1.29, 1.82) is 0 Å². The first-order valence-corrected chi connectivity index (χ1v) is 11.7. The van der Waals surface area contributed by atoms with E-state index in [-0.39, 0.29) is 12.6 Å². The normalized spacial score (nSPS) is 21.0. The molecule has 0 spiro atoms. The number of hydrogen-bond donors (Lipinski definition) is 2. The quantitative estimate of drug-likeness (QED) is 0.483. The molecule has 0 bridgehead atoms. The van der Waals surface area contributed by atoms with Gasteiger partial charge in [0.1, 0.15) is 12.3 Å². The van der Waals surface area contributed by atoms with Crippen molar-refractivity contribution in [1.82, 2.24) is 20.2 Å². The Morgan fingerprint density at radius 1 is 1.09 bits per heavy atom. The van der Waals surface area contributed by atoms with Crippen LogP contribution in [-0.4, -0.2) is 53.6 Å². The molecule has 1 unspecified atom stereocenters. The van der Waals surface area contributed by atoms with Crippen LogP contribution in [0.2, 0.25) is 0 Å². The lowest BCUT2D eigenvalue weighted by molar-refractivity contribution is 0.0946. The van der Waals surface area contributed by atoms with Crippen LogP contribution in [0, 0.1) is 5.92 Å². The molecule has 0 aliphatic carbocycles. The highest BCUT2D eigenvalue weighted by atomic mass is 19.1. The van der Waals surface area contributed by atoms with E-state index in [1.807, 2.05) is 12.3 Å². The Bertz CT molecular complexity index is 1360. The molecule has 6 rings (SSSR count). The zero-order chi connectivity index (χ0) is 22.5. The number of rotatable bonds is 4. The molecule has 33 heavy (non-hydrogen) atoms. The summed E-state index contributed by atoms with van der Waals surface area (Å²) in [5.74, 6) is 0.970. The van der Waals surface area contributed by atoms with E-state index in [1.54, 1.807) is 0 Å². The number of aromatic nitrogens is 2. The fourth-order valence-electron chi connectivity index (χ4n) is 5.58. The van der Waals surface area contributed by atoms with Crippen LogP contribution in [0.15, 0.2) is 48.7 Å². The van der Waals surface area contributed by atoms with Crippen LogP contribution >= 0.6 is 0 Å². The second-order valence-electron chi connectivity index (χ2n) is 9.46. The van der Waals surface area contributed by atoms with E-state index in [2.05, 4.69) is 63.5 Å². The van der Waals surface area contributed by atoms with E-state index in [1.165, 1.54) is 5.56 Å². The number of nitrogens with zero attached hydrogens (tertiary/aromatic N) is 2. The summed E-state index contributed by atoms with van der Waals surface area (Å²) >= 11 is 0. The minimum absolute atomic E-state index is 0.00469. The summed E-state index contributed by atoms with van der Waals surface area (Å²) in [7, 11) is 0. The van der Waals surface area contributed by atoms with Gasteiger partial charge in [-0.2, -0.15) is 0 Å². The first kappa shape index (κ1) is 20.4. The van der Waals surface area contributed by atoms with Gasteiger partial charge in [-0.25, -0.2) is 9.37 Å². The molecule has 1 fully saturated rings. The Morgan fingerprint density at radius 2 is 1.94 bits per heavy atom. The molecule has 0 saturated carbocycles. The summed E-state index contributed by atoms with van der Waals surface area (Å²) in [5.41, 5.74) is 7.14. The number of likely N-dealkylation sites (tertiary alicyclic amines) is 1. The number of fused-ring (bicyclic) bond motifs is 4. The van der Waals surface area contributed by atoms with Crippen molar-refractivity contribution >= 4 is 27.8 Å². The van der Waals surface area contributed by atoms with Crippen LogP contribution in [0.4, 0.5) is 4.39 Å². The van der Waals surface area contributed by atoms with Gasteiger partial charge in [-0.15, -0.1) is 0 Å². The highest BCUT2D eigenvalue weighted by Crippen LogP contribution is 2.35. The van der Waals surface area contributed by atoms with Gasteiger partial charge in [0.2, 0.25) is 0 Å². The molecule has 2 aliphatic rings. The molecular formula is C27H27FN4O. The van der Waals surface area contributed by atoms with Crippen molar-refractivity contribution in [2.45, 2.75) is 19.3 Å². The van der Waals surface area contributed by atoms with E-state index in [9.17, 15) is 9.18 Å². The van der Waals surface area contributed by atoms with Crippen LogP contribution in [0.1, 0.15) is 34.3 Å². The van der Waals surface area contributed by atoms with Gasteiger partial charge in [0.25, 0.3) is 5.91 Å². The number of alkyl halides is 1. The molecule has 2 aromatic heterocycles. The van der Waals surface area contributed by atoms with Gasteiger partial charge in [0.05, 0.1) is 0 Å². The van der Waals surface area contributed by atoms with E-state index < -0.39 is 0 Å². The zero-order valence-electron chi connectivity index (χ0n) is 18.7. The molecule has 168 valence electrons. The van der Waals surface area contributed by atoms with Gasteiger partial charge < -0.3 is 10.3 Å². The third kappa shape index (κ3) is 3.49. The molecule has 4 heterocycles. The predicted molar refractivity (Wildman–Crippen MR) is 129 cm³/mol. The molecule has 2 atom stereocenters. The number of H-pyrrole nitrogens is 1. The Hall–Kier alpha value is -3.25. The molecule has 0 radical (unpaired) electrons. The third-order valence-corrected chi connectivity index (χ3v) is 7.36. The fraction of sp³-hybridized carbons (Fsp3) is 0.333. The number of nitrogens with one attached hydrogen (secondary N) is 2. The average molecular weight is 443 g/mol. The van der Waals surface area contributed by atoms with E-state index in [4.69, 9.17) is 0 Å². The Morgan fingerprint density at radius 3 is 2.76 bits per heavy atom. The monoisotopic (exact) mass is 442 g/mol. The second kappa shape index (κ2) is 7.96. The molecule has 1 amide bonds. The SMILES string of the molecule is C[C@@H]1CN(CCF)CC1c1ccc(-c2cnc3[nH]c4cc5c(cc4c3c2)CCNC5=O)cc1. The first-order valence-electron chi connectivity index (χ1n) is 11.7. The Kier molecular flexibility index (Phi) is 4.91. The Balaban J connectivity index is 1.33. The lowest BCUT2D eigenvalue weighted by Gasteiger charge is -2.16. The first-order chi connectivity index (χ1) is 16.1. The molecule has 4 aromatic rings. The zero-order valence-corrected chi connectivity index (χ0v) is 18.7. The maximum atomic E-state index is 12.8. The summed E-state index contributed by atoms with van der Waals surface area (Å²) in [6, 6.07) is 15.0. The summed E-state index contributed by atoms with van der Waals surface area (Å²) in [6.07, 6.45) is 2.75. The van der Waals surface area contributed by atoms with Crippen molar-refractivity contribution < 1.29 is 9.18 Å². The fourth-order valence-corrected chi connectivity index (χ4v) is 5.58. The molecule has 2 aliphatic heterocycles. The summed E-state index contributed by atoms with van der Waals surface area (Å²) in [5, 5.41) is 5.10. The summed E-state index contributed by atoms with van der Waals surface area (Å²) < 4.78 is 12.8. The number of carbonyl (C=O) groups is 1. The highest BCUT2D eigenvalue weighted by molar-refractivity contribution is 6.10. The maximum absolute atomic E-state index is 12.8. The van der Waals surface area contributed by atoms with Crippen LogP contribution in [0.5, 0.6) is 0 Å². The van der Waals surface area contributed by atoms with E-state index >= 15 is 0 Å². The van der Waals surface area contributed by atoms with Crippen molar-refractivity contribution in [3.63, 3.8) is 0 Å². The van der Waals surface area contributed by atoms with Gasteiger partial charge in [-0.3, -0.25) is 9.69 Å². The smallest absolute Gasteiger partial charge is 0.251 e. The van der Waals surface area contributed by atoms with Gasteiger partial charge in [-0.1, -0.05) is 31.2 Å². The lowest BCUT2D eigenvalue weighted by atomic mass is 9.89. The third-order valence-electron chi connectivity index (χ3n) is 7.36. The summed E-state index contributed by atoms with van der Waals surface area (Å²) in [6.45, 7) is 5.08. The highest BCUT2D eigenvalue weighted by Gasteiger charge is 2.30. The van der Waals surface area contributed by atoms with E-state index in [0.29, 0.717) is 24.9 Å². The Labute approximate surface area is 192 Å². The molecule has 1 saturated heterocycles. The van der Waals surface area contributed by atoms with Crippen LogP contribution < -0.4 is 5.32 Å². The van der Waals surface area contributed by atoms with Crippen LogP contribution in [0.25, 0.3) is 33.1 Å². The molecule has 5 nitrogen and oxygen atoms in total. The average Bonchev–Trinajstić information content (AvgIpc) is 3.37. The lowest BCUT2D eigenvalue weighted by Crippen LogP contribution is -2.31. The topological polar surface area (TPSA) is 61.0 Å². The minimum Gasteiger partial charge on any atom is -0.352 e. The standard InChI is InChI=1S/C27H27FN4O/c1-16-14-32(9-7-28)15-24(16)18-4-2-17(3-5-18)20-11-23-22-10-19-6-8-29-27(33)21(19)12-25(22)31-26(23)30-13-20/h2-5,10-13,16,24H,6-9,14-15H2,1H3,(H,29,33)(H,30,31)/t16-,24?/m1/s1.